The Balaban J connectivity index is 4.00. The molecule has 3 nitrogen and oxygen atoms in total. The van der Waals surface area contributed by atoms with Gasteiger partial charge in [-0.3, -0.25) is 4.55 Å². The third-order valence-corrected chi connectivity index (χ3v) is 4.75. The van der Waals surface area contributed by atoms with Crippen molar-refractivity contribution in [2.45, 2.75) is 77.4 Å². The highest BCUT2D eigenvalue weighted by Crippen LogP contribution is 2.21. The Morgan fingerprint density at radius 1 is 1.11 bits per heavy atom. The monoisotopic (exact) mass is 290 g/mol. The van der Waals surface area contributed by atoms with Crippen LogP contribution in [0.4, 0.5) is 0 Å². The molecule has 0 aromatic heterocycles. The minimum Gasteiger partial charge on any atom is -0.285 e. The number of unbranched alkanes of at least 4 members (excludes halogenated alkanes) is 5. The Morgan fingerprint density at radius 3 is 2.21 bits per heavy atom. The topological polar surface area (TPSA) is 54.4 Å². The lowest BCUT2D eigenvalue weighted by Gasteiger charge is -2.16. The molecule has 0 bridgehead atoms. The van der Waals surface area contributed by atoms with Gasteiger partial charge in [0.1, 0.15) is 0 Å². The fourth-order valence-corrected chi connectivity index (χ4v) is 2.79. The van der Waals surface area contributed by atoms with Crippen molar-refractivity contribution in [3.8, 4) is 0 Å². The second kappa shape index (κ2) is 10.4. The van der Waals surface area contributed by atoms with Crippen molar-refractivity contribution in [3.63, 3.8) is 0 Å². The van der Waals surface area contributed by atoms with Crippen LogP contribution in [0, 0.1) is 5.92 Å². The molecular weight excluding hydrogens is 260 g/mol. The van der Waals surface area contributed by atoms with Gasteiger partial charge in [0.2, 0.25) is 0 Å². The van der Waals surface area contributed by atoms with Gasteiger partial charge in [-0.25, -0.2) is 0 Å². The van der Waals surface area contributed by atoms with Gasteiger partial charge in [0.15, 0.2) is 0 Å². The zero-order valence-electron chi connectivity index (χ0n) is 12.6. The first-order valence-corrected chi connectivity index (χ1v) is 9.01. The summed E-state index contributed by atoms with van der Waals surface area (Å²) in [5.41, 5.74) is 0. The van der Waals surface area contributed by atoms with Gasteiger partial charge in [0, 0.05) is 0 Å². The van der Waals surface area contributed by atoms with E-state index in [2.05, 4.69) is 13.0 Å². The van der Waals surface area contributed by atoms with E-state index in [1.807, 2.05) is 13.0 Å². The lowest BCUT2D eigenvalue weighted by Crippen LogP contribution is -2.19. The van der Waals surface area contributed by atoms with E-state index in [1.54, 1.807) is 6.92 Å². The van der Waals surface area contributed by atoms with Crippen molar-refractivity contribution in [2.75, 3.05) is 0 Å². The molecule has 2 unspecified atom stereocenters. The molecule has 0 aromatic carbocycles. The van der Waals surface area contributed by atoms with Crippen LogP contribution < -0.4 is 0 Å². The zero-order valence-corrected chi connectivity index (χ0v) is 13.5. The first kappa shape index (κ1) is 18.7. The molecule has 0 amide bonds. The molecule has 1 N–H and O–H groups in total. The molecule has 0 aliphatic heterocycles. The van der Waals surface area contributed by atoms with Crippen molar-refractivity contribution in [1.29, 1.82) is 0 Å². The number of allylic oxidation sites excluding steroid dienone is 2. The molecule has 114 valence electrons. The highest BCUT2D eigenvalue weighted by molar-refractivity contribution is 7.86. The summed E-state index contributed by atoms with van der Waals surface area (Å²) in [6.45, 7) is 5.73. The molecule has 0 aliphatic rings. The Morgan fingerprint density at radius 2 is 1.68 bits per heavy atom. The summed E-state index contributed by atoms with van der Waals surface area (Å²) in [6.07, 6.45) is 13.0. The predicted octanol–water partition coefficient (Wildman–Crippen LogP) is 4.60. The molecule has 0 aromatic rings. The Bertz CT molecular complexity index is 333. The van der Waals surface area contributed by atoms with Crippen LogP contribution in [0.5, 0.6) is 0 Å². The van der Waals surface area contributed by atoms with Crippen LogP contribution in [-0.4, -0.2) is 18.2 Å². The maximum Gasteiger partial charge on any atom is 0.267 e. The van der Waals surface area contributed by atoms with Crippen molar-refractivity contribution in [1.82, 2.24) is 0 Å². The molecule has 0 saturated heterocycles. The second-order valence-corrected chi connectivity index (χ2v) is 7.24. The Kier molecular flexibility index (Phi) is 10.2. The summed E-state index contributed by atoms with van der Waals surface area (Å²) >= 11 is 0. The van der Waals surface area contributed by atoms with Crippen molar-refractivity contribution in [2.24, 2.45) is 5.92 Å². The summed E-state index contributed by atoms with van der Waals surface area (Å²) in [6, 6.07) is 0. The first-order valence-electron chi connectivity index (χ1n) is 7.50. The zero-order chi connectivity index (χ0) is 14.7. The van der Waals surface area contributed by atoms with Gasteiger partial charge < -0.3 is 0 Å². The molecule has 0 rings (SSSR count). The van der Waals surface area contributed by atoms with Crippen LogP contribution in [0.25, 0.3) is 0 Å². The van der Waals surface area contributed by atoms with Crippen molar-refractivity contribution in [3.05, 3.63) is 12.2 Å². The summed E-state index contributed by atoms with van der Waals surface area (Å²) < 4.78 is 31.1. The van der Waals surface area contributed by atoms with E-state index in [9.17, 15) is 8.42 Å². The average Bonchev–Trinajstić information content (AvgIpc) is 2.32. The van der Waals surface area contributed by atoms with Gasteiger partial charge in [-0.15, -0.1) is 0 Å². The molecule has 4 heteroatoms. The van der Waals surface area contributed by atoms with E-state index >= 15 is 0 Å². The molecule has 0 radical (unpaired) electrons. The lowest BCUT2D eigenvalue weighted by atomic mass is 9.95. The number of hydrogen-bond donors (Lipinski definition) is 1. The van der Waals surface area contributed by atoms with Crippen LogP contribution in [0.3, 0.4) is 0 Å². The van der Waals surface area contributed by atoms with Gasteiger partial charge in [-0.1, -0.05) is 57.6 Å². The van der Waals surface area contributed by atoms with E-state index in [0.717, 1.165) is 12.8 Å². The Hall–Kier alpha value is -0.350. The molecule has 0 fully saturated rings. The maximum atomic E-state index is 11.1. The average molecular weight is 290 g/mol. The summed E-state index contributed by atoms with van der Waals surface area (Å²) in [7, 11) is -3.89. The molecule has 0 aliphatic carbocycles. The normalized spacial score (nSPS) is 15.8. The minimum absolute atomic E-state index is 0.258. The third kappa shape index (κ3) is 10.1. The summed E-state index contributed by atoms with van der Waals surface area (Å²) in [5, 5.41) is -0.672. The van der Waals surface area contributed by atoms with Crippen LogP contribution >= 0.6 is 0 Å². The van der Waals surface area contributed by atoms with Gasteiger partial charge in [-0.05, 0) is 32.6 Å². The highest BCUT2D eigenvalue weighted by atomic mass is 32.2. The van der Waals surface area contributed by atoms with E-state index in [1.165, 1.54) is 32.1 Å². The number of hydrogen-bond acceptors (Lipinski definition) is 2. The highest BCUT2D eigenvalue weighted by Gasteiger charge is 2.20. The molecule has 0 heterocycles. The molecule has 0 saturated carbocycles. The second-order valence-electron chi connectivity index (χ2n) is 5.40. The van der Waals surface area contributed by atoms with E-state index in [4.69, 9.17) is 4.55 Å². The first-order chi connectivity index (χ1) is 8.91. The smallest absolute Gasteiger partial charge is 0.267 e. The van der Waals surface area contributed by atoms with Crippen LogP contribution in [-0.2, 0) is 10.1 Å². The van der Waals surface area contributed by atoms with Crippen LogP contribution in [0.2, 0.25) is 0 Å². The standard InChI is InChI=1S/C15H30O3S/c1-4-6-7-8-9-10-12-15(11-5-2)13-14(3)19(16,17)18/h5,11,14-15H,4,6-10,12-13H2,1-3H3,(H,16,17,18). The third-order valence-electron chi connectivity index (χ3n) is 3.54. The van der Waals surface area contributed by atoms with Crippen molar-refractivity contribution >= 4 is 10.1 Å². The van der Waals surface area contributed by atoms with E-state index < -0.39 is 15.4 Å². The fourth-order valence-electron chi connectivity index (χ4n) is 2.30. The van der Waals surface area contributed by atoms with E-state index in [-0.39, 0.29) is 5.92 Å². The van der Waals surface area contributed by atoms with Crippen LogP contribution in [0.15, 0.2) is 12.2 Å². The number of rotatable bonds is 11. The quantitative estimate of drug-likeness (QED) is 0.344. The fraction of sp³-hybridized carbons (Fsp3) is 0.867. The molecular formula is C15H30O3S. The molecule has 19 heavy (non-hydrogen) atoms. The predicted molar refractivity (Wildman–Crippen MR) is 81.9 cm³/mol. The summed E-state index contributed by atoms with van der Waals surface area (Å²) in [4.78, 5) is 0. The van der Waals surface area contributed by atoms with Crippen LogP contribution in [0.1, 0.15) is 72.1 Å². The van der Waals surface area contributed by atoms with Gasteiger partial charge in [-0.2, -0.15) is 8.42 Å². The lowest BCUT2D eigenvalue weighted by molar-refractivity contribution is 0.440. The molecule has 2 atom stereocenters. The maximum absolute atomic E-state index is 11.1. The molecule has 0 spiro atoms. The summed E-state index contributed by atoms with van der Waals surface area (Å²) in [5.74, 6) is 0.258. The van der Waals surface area contributed by atoms with Gasteiger partial charge in [0.25, 0.3) is 10.1 Å². The van der Waals surface area contributed by atoms with E-state index in [0.29, 0.717) is 6.42 Å². The SMILES string of the molecule is CC=CC(CCCCCCCC)CC(C)S(=O)(=O)O. The largest absolute Gasteiger partial charge is 0.285 e. The van der Waals surface area contributed by atoms with Gasteiger partial charge in [0.05, 0.1) is 5.25 Å². The minimum atomic E-state index is -3.89. The van der Waals surface area contributed by atoms with Gasteiger partial charge >= 0.3 is 0 Å². The van der Waals surface area contributed by atoms with Crippen molar-refractivity contribution < 1.29 is 13.0 Å². The Labute approximate surface area is 119 Å².